The summed E-state index contributed by atoms with van der Waals surface area (Å²) >= 11 is 0. The van der Waals surface area contributed by atoms with Gasteiger partial charge in [0.05, 0.1) is 12.3 Å². The van der Waals surface area contributed by atoms with Crippen LogP contribution in [-0.4, -0.2) is 6.54 Å². The summed E-state index contributed by atoms with van der Waals surface area (Å²) in [5, 5.41) is 3.51. The van der Waals surface area contributed by atoms with Crippen molar-refractivity contribution < 1.29 is 4.42 Å². The van der Waals surface area contributed by atoms with Gasteiger partial charge in [-0.1, -0.05) is 25.1 Å². The molecule has 0 saturated carbocycles. The molecular formula is C17H21NO. The Morgan fingerprint density at radius 2 is 2.11 bits per heavy atom. The fourth-order valence-electron chi connectivity index (χ4n) is 3.00. The minimum Gasteiger partial charge on any atom is -0.468 e. The van der Waals surface area contributed by atoms with Gasteiger partial charge in [0.25, 0.3) is 0 Å². The number of fused-ring (bicyclic) bond motifs is 1. The maximum absolute atomic E-state index is 5.55. The number of benzene rings is 1. The predicted octanol–water partition coefficient (Wildman–Crippen LogP) is 3.66. The van der Waals surface area contributed by atoms with Crippen LogP contribution in [0.25, 0.3) is 0 Å². The third-order valence-electron chi connectivity index (χ3n) is 3.94. The summed E-state index contributed by atoms with van der Waals surface area (Å²) in [5.41, 5.74) is 4.50. The topological polar surface area (TPSA) is 25.2 Å². The van der Waals surface area contributed by atoms with Gasteiger partial charge in [-0.2, -0.15) is 0 Å². The van der Waals surface area contributed by atoms with E-state index in [1.807, 2.05) is 6.07 Å². The van der Waals surface area contributed by atoms with Gasteiger partial charge in [0.2, 0.25) is 0 Å². The van der Waals surface area contributed by atoms with Gasteiger partial charge < -0.3 is 9.73 Å². The monoisotopic (exact) mass is 255 g/mol. The molecule has 0 fully saturated rings. The van der Waals surface area contributed by atoms with Crippen molar-refractivity contribution in [3.05, 3.63) is 59.0 Å². The molecule has 100 valence electrons. The van der Waals surface area contributed by atoms with E-state index in [0.717, 1.165) is 18.7 Å². The first kappa shape index (κ1) is 12.5. The van der Waals surface area contributed by atoms with Crippen LogP contribution in [0.5, 0.6) is 0 Å². The third-order valence-corrected chi connectivity index (χ3v) is 3.94. The van der Waals surface area contributed by atoms with Crippen molar-refractivity contribution in [2.75, 3.05) is 6.54 Å². The van der Waals surface area contributed by atoms with E-state index in [1.165, 1.54) is 24.8 Å². The van der Waals surface area contributed by atoms with Crippen molar-refractivity contribution in [3.8, 4) is 0 Å². The second-order valence-electron chi connectivity index (χ2n) is 5.29. The number of nitrogens with one attached hydrogen (secondary N) is 1. The summed E-state index contributed by atoms with van der Waals surface area (Å²) in [6, 6.07) is 11.3. The van der Waals surface area contributed by atoms with Gasteiger partial charge in [-0.3, -0.25) is 0 Å². The van der Waals surface area contributed by atoms with Crippen LogP contribution in [-0.2, 0) is 19.3 Å². The van der Waals surface area contributed by atoms with Crippen LogP contribution in [0.2, 0.25) is 0 Å². The molecule has 0 aliphatic heterocycles. The maximum Gasteiger partial charge on any atom is 0.121 e. The first-order valence-corrected chi connectivity index (χ1v) is 7.24. The van der Waals surface area contributed by atoms with Crippen LogP contribution in [0.4, 0.5) is 0 Å². The fourth-order valence-corrected chi connectivity index (χ4v) is 3.00. The second-order valence-corrected chi connectivity index (χ2v) is 5.29. The Bertz CT molecular complexity index is 530. The fraction of sp³-hybridized carbons (Fsp3) is 0.412. The van der Waals surface area contributed by atoms with Crippen LogP contribution in [0.15, 0.2) is 41.0 Å². The molecule has 2 heteroatoms. The zero-order valence-corrected chi connectivity index (χ0v) is 11.5. The minimum absolute atomic E-state index is 0.277. The van der Waals surface area contributed by atoms with Crippen LogP contribution in [0.3, 0.4) is 0 Å². The zero-order valence-electron chi connectivity index (χ0n) is 11.5. The summed E-state index contributed by atoms with van der Waals surface area (Å²) < 4.78 is 5.55. The van der Waals surface area contributed by atoms with Gasteiger partial charge in [-0.25, -0.2) is 0 Å². The molecular weight excluding hydrogens is 234 g/mol. The highest BCUT2D eigenvalue weighted by Crippen LogP contribution is 2.25. The average Bonchev–Trinajstić information content (AvgIpc) is 3.09. The lowest BCUT2D eigenvalue weighted by Crippen LogP contribution is -2.22. The highest BCUT2D eigenvalue weighted by molar-refractivity contribution is 5.35. The molecule has 2 aromatic rings. The van der Waals surface area contributed by atoms with Gasteiger partial charge in [0.1, 0.15) is 5.76 Å². The molecule has 1 N–H and O–H groups in total. The molecule has 0 spiro atoms. The van der Waals surface area contributed by atoms with Crippen molar-refractivity contribution in [1.29, 1.82) is 0 Å². The minimum atomic E-state index is 0.277. The highest BCUT2D eigenvalue weighted by Gasteiger charge is 2.16. The van der Waals surface area contributed by atoms with Crippen molar-refractivity contribution in [3.63, 3.8) is 0 Å². The number of likely N-dealkylation sites (N-methyl/N-ethyl adjacent to an activating group) is 1. The van der Waals surface area contributed by atoms with Crippen LogP contribution < -0.4 is 5.32 Å². The molecule has 1 aromatic heterocycles. The van der Waals surface area contributed by atoms with Crippen molar-refractivity contribution >= 4 is 0 Å². The lowest BCUT2D eigenvalue weighted by molar-refractivity contribution is 0.416. The number of hydrogen-bond donors (Lipinski definition) is 1. The van der Waals surface area contributed by atoms with E-state index in [-0.39, 0.29) is 6.04 Å². The van der Waals surface area contributed by atoms with Crippen LogP contribution in [0.1, 0.15) is 41.8 Å². The Hall–Kier alpha value is -1.54. The van der Waals surface area contributed by atoms with E-state index in [0.29, 0.717) is 0 Å². The molecule has 1 unspecified atom stereocenters. The first-order valence-electron chi connectivity index (χ1n) is 7.24. The molecule has 1 atom stereocenters. The van der Waals surface area contributed by atoms with Crippen LogP contribution >= 0.6 is 0 Å². The Labute approximate surface area is 114 Å². The number of rotatable bonds is 5. The lowest BCUT2D eigenvalue weighted by Gasteiger charge is -2.16. The Morgan fingerprint density at radius 1 is 1.21 bits per heavy atom. The molecule has 0 saturated heterocycles. The third kappa shape index (κ3) is 2.74. The molecule has 3 rings (SSSR count). The van der Waals surface area contributed by atoms with E-state index in [1.54, 1.807) is 17.4 Å². The molecule has 1 aliphatic carbocycles. The normalized spacial score (nSPS) is 15.4. The first-order chi connectivity index (χ1) is 9.36. The van der Waals surface area contributed by atoms with Gasteiger partial charge >= 0.3 is 0 Å². The van der Waals surface area contributed by atoms with Crippen molar-refractivity contribution in [1.82, 2.24) is 5.32 Å². The smallest absolute Gasteiger partial charge is 0.121 e. The molecule has 1 aliphatic rings. The molecule has 0 bridgehead atoms. The quantitative estimate of drug-likeness (QED) is 0.882. The van der Waals surface area contributed by atoms with Gasteiger partial charge in [0, 0.05) is 0 Å². The predicted molar refractivity (Wildman–Crippen MR) is 77.3 cm³/mol. The zero-order chi connectivity index (χ0) is 13.1. The number of hydrogen-bond acceptors (Lipinski definition) is 2. The number of furan rings is 1. The molecule has 2 nitrogen and oxygen atoms in total. The molecule has 1 aromatic carbocycles. The summed E-state index contributed by atoms with van der Waals surface area (Å²) in [5.74, 6) is 1.03. The van der Waals surface area contributed by atoms with E-state index in [4.69, 9.17) is 4.42 Å². The molecule has 0 radical (unpaired) electrons. The molecule has 0 amide bonds. The largest absolute Gasteiger partial charge is 0.468 e. The van der Waals surface area contributed by atoms with Crippen molar-refractivity contribution in [2.45, 2.75) is 38.6 Å². The van der Waals surface area contributed by atoms with E-state index in [2.05, 4.69) is 36.5 Å². The Balaban J connectivity index is 1.78. The van der Waals surface area contributed by atoms with Crippen molar-refractivity contribution in [2.24, 2.45) is 0 Å². The second kappa shape index (κ2) is 5.62. The lowest BCUT2D eigenvalue weighted by atomic mass is 10.00. The standard InChI is InChI=1S/C17H21NO/c1-2-18-16(17-7-4-10-19-17)12-13-8-9-14-5-3-6-15(14)11-13/h4,7-11,16,18H,2-3,5-6,12H2,1H3. The van der Waals surface area contributed by atoms with E-state index >= 15 is 0 Å². The Morgan fingerprint density at radius 3 is 2.89 bits per heavy atom. The summed E-state index contributed by atoms with van der Waals surface area (Å²) in [6.07, 6.45) is 6.56. The maximum atomic E-state index is 5.55. The molecule has 1 heterocycles. The summed E-state index contributed by atoms with van der Waals surface area (Å²) in [6.45, 7) is 3.09. The van der Waals surface area contributed by atoms with Gasteiger partial charge in [0.15, 0.2) is 0 Å². The van der Waals surface area contributed by atoms with Gasteiger partial charge in [-0.05, 0) is 61.1 Å². The molecule has 19 heavy (non-hydrogen) atoms. The SMILES string of the molecule is CCNC(Cc1ccc2c(c1)CCC2)c1ccco1. The van der Waals surface area contributed by atoms with Gasteiger partial charge in [-0.15, -0.1) is 0 Å². The summed E-state index contributed by atoms with van der Waals surface area (Å²) in [7, 11) is 0. The van der Waals surface area contributed by atoms with E-state index < -0.39 is 0 Å². The number of aryl methyl sites for hydroxylation is 2. The highest BCUT2D eigenvalue weighted by atomic mass is 16.3. The van der Waals surface area contributed by atoms with E-state index in [9.17, 15) is 0 Å². The average molecular weight is 255 g/mol. The van der Waals surface area contributed by atoms with Crippen LogP contribution in [0, 0.1) is 0 Å². The summed E-state index contributed by atoms with van der Waals surface area (Å²) in [4.78, 5) is 0. The Kier molecular flexibility index (Phi) is 3.69.